The Morgan fingerprint density at radius 1 is 0.967 bits per heavy atom. The van der Waals surface area contributed by atoms with Gasteiger partial charge in [0, 0.05) is 17.9 Å². The molecule has 7 atom stereocenters. The van der Waals surface area contributed by atoms with Gasteiger partial charge >= 0.3 is 6.09 Å². The maximum Gasteiger partial charge on any atom is 0.408 e. The van der Waals surface area contributed by atoms with Crippen LogP contribution in [-0.4, -0.2) is 94.8 Å². The van der Waals surface area contributed by atoms with E-state index in [1.54, 1.807) is 6.08 Å². The van der Waals surface area contributed by atoms with Gasteiger partial charge in [-0.25, -0.2) is 22.6 Å². The first-order chi connectivity index (χ1) is 29.0. The van der Waals surface area contributed by atoms with Crippen molar-refractivity contribution in [3.05, 3.63) is 72.2 Å². The molecule has 3 saturated carbocycles. The number of amides is 4. The van der Waals surface area contributed by atoms with Gasteiger partial charge in [-0.3, -0.25) is 19.1 Å². The summed E-state index contributed by atoms with van der Waals surface area (Å²) in [6, 6.07) is 6.97. The third kappa shape index (κ3) is 8.24. The minimum atomic E-state index is -3.93. The van der Waals surface area contributed by atoms with E-state index in [1.165, 1.54) is 17.1 Å². The molecule has 7 aliphatic rings. The lowest BCUT2D eigenvalue weighted by molar-refractivity contribution is -0.141. The van der Waals surface area contributed by atoms with Crippen LogP contribution < -0.4 is 24.8 Å². The number of carbonyl (C=O) groups is 4. The lowest BCUT2D eigenvalue weighted by atomic mass is 9.95. The van der Waals surface area contributed by atoms with Crippen molar-refractivity contribution >= 4 is 33.8 Å². The monoisotopic (exact) mass is 844 g/mol. The number of aromatic nitrogens is 2. The summed E-state index contributed by atoms with van der Waals surface area (Å²) < 4.78 is 61.2. The van der Waals surface area contributed by atoms with Crippen LogP contribution in [0.3, 0.4) is 0 Å². The van der Waals surface area contributed by atoms with Crippen LogP contribution in [-0.2, 0) is 29.1 Å². The molecule has 2 unspecified atom stereocenters. The van der Waals surface area contributed by atoms with Crippen molar-refractivity contribution in [2.24, 2.45) is 5.92 Å². The molecule has 0 radical (unpaired) electrons. The number of hydrogen-bond acceptors (Lipinski definition) is 11. The molecule has 9 rings (SSSR count). The number of carbonyl (C=O) groups excluding carboxylic acids is 4. The Balaban J connectivity index is 1.04. The number of alkyl carbamates (subject to hydrolysis) is 1. The Kier molecular flexibility index (Phi) is 10.9. The summed E-state index contributed by atoms with van der Waals surface area (Å²) in [5.41, 5.74) is -0.446. The maximum atomic E-state index is 14.7. The highest BCUT2D eigenvalue weighted by Crippen LogP contribution is 2.48. The van der Waals surface area contributed by atoms with Crippen LogP contribution in [0.2, 0.25) is 0 Å². The Morgan fingerprint density at radius 2 is 1.75 bits per heavy atom. The van der Waals surface area contributed by atoms with Gasteiger partial charge < -0.3 is 29.7 Å². The summed E-state index contributed by atoms with van der Waals surface area (Å²) in [6.45, 7) is -0.105. The molecular formula is C43H49FN6O9S. The number of benzene rings is 1. The molecule has 15 nitrogen and oxygen atoms in total. The highest BCUT2D eigenvalue weighted by molar-refractivity contribution is 7.91. The molecule has 17 heteroatoms. The summed E-state index contributed by atoms with van der Waals surface area (Å²) >= 11 is 0. The predicted molar refractivity (Wildman–Crippen MR) is 214 cm³/mol. The van der Waals surface area contributed by atoms with Crippen molar-refractivity contribution in [1.82, 2.24) is 30.2 Å². The second-order valence-corrected chi connectivity index (χ2v) is 18.9. The Hall–Kier alpha value is -5.32. The van der Waals surface area contributed by atoms with Gasteiger partial charge in [0.25, 0.3) is 11.8 Å². The fraction of sp³-hybridized carbons (Fsp3) is 0.535. The second kappa shape index (κ2) is 16.3. The quantitative estimate of drug-likeness (QED) is 0.309. The van der Waals surface area contributed by atoms with Crippen LogP contribution in [0.5, 0.6) is 11.6 Å². The van der Waals surface area contributed by atoms with Crippen LogP contribution >= 0.6 is 0 Å². The van der Waals surface area contributed by atoms with E-state index < -0.39 is 86.6 Å². The summed E-state index contributed by atoms with van der Waals surface area (Å²) in [7, 11) is -3.93. The van der Waals surface area contributed by atoms with Crippen molar-refractivity contribution in [3.8, 4) is 23.0 Å². The summed E-state index contributed by atoms with van der Waals surface area (Å²) in [5.74, 6) is -2.87. The number of nitrogens with one attached hydrogen (secondary N) is 3. The highest BCUT2D eigenvalue weighted by Gasteiger charge is 2.62. The second-order valence-electron chi connectivity index (χ2n) is 17.0. The van der Waals surface area contributed by atoms with Crippen molar-refractivity contribution in [2.45, 2.75) is 131 Å². The largest absolute Gasteiger partial charge is 0.478 e. The molecule has 318 valence electrons. The van der Waals surface area contributed by atoms with Gasteiger partial charge in [-0.2, -0.15) is 4.98 Å². The van der Waals surface area contributed by atoms with E-state index in [4.69, 9.17) is 24.2 Å². The van der Waals surface area contributed by atoms with E-state index in [-0.39, 0.29) is 37.1 Å². The van der Waals surface area contributed by atoms with E-state index in [0.717, 1.165) is 38.5 Å². The molecule has 0 bridgehead atoms. The number of allylic oxidation sites excluding steroid dienone is 3. The first-order valence-electron chi connectivity index (χ1n) is 21.2. The van der Waals surface area contributed by atoms with Gasteiger partial charge in [0.05, 0.1) is 17.7 Å². The van der Waals surface area contributed by atoms with Crippen LogP contribution in [0, 0.1) is 5.92 Å². The Bertz CT molecular complexity index is 2240. The number of ether oxygens (including phenoxy) is 3. The molecule has 3 aliphatic heterocycles. The van der Waals surface area contributed by atoms with E-state index in [1.807, 2.05) is 42.5 Å². The minimum Gasteiger partial charge on any atom is -0.478 e. The average Bonchev–Trinajstić information content (AvgIpc) is 4.05. The zero-order valence-electron chi connectivity index (χ0n) is 33.1. The molecule has 4 amide bonds. The Morgan fingerprint density at radius 3 is 2.53 bits per heavy atom. The summed E-state index contributed by atoms with van der Waals surface area (Å²) in [5, 5.41) is 5.03. The smallest absolute Gasteiger partial charge is 0.408 e. The van der Waals surface area contributed by atoms with Gasteiger partial charge in [0.2, 0.25) is 27.6 Å². The van der Waals surface area contributed by atoms with E-state index in [2.05, 4.69) is 15.4 Å². The Labute approximate surface area is 347 Å². The first kappa shape index (κ1) is 40.1. The highest BCUT2D eigenvalue weighted by atomic mass is 32.2. The van der Waals surface area contributed by atoms with Gasteiger partial charge in [-0.1, -0.05) is 55.3 Å². The molecule has 2 aromatic rings. The number of sulfonamides is 1. The number of fused-ring (bicyclic) bond motifs is 5. The summed E-state index contributed by atoms with van der Waals surface area (Å²) in [6.07, 6.45) is 13.3. The van der Waals surface area contributed by atoms with E-state index >= 15 is 0 Å². The van der Waals surface area contributed by atoms with Gasteiger partial charge in [0.1, 0.15) is 47.5 Å². The fourth-order valence-electron chi connectivity index (χ4n) is 9.03. The van der Waals surface area contributed by atoms with E-state index in [9.17, 15) is 32.0 Å². The topological polar surface area (TPSA) is 195 Å². The molecule has 60 heavy (non-hydrogen) atoms. The standard InChI is InChI=1S/C43H49FN6O9S/c44-27-17-20-34-31(21-27)35-36(59-34)39(47-37(46-35)25-11-5-4-6-12-25)57-29-22-33-38(51)48-43(41(53)49-60(55,56)30-18-19-30)23-26(43)13-7-2-1-3-8-16-32(40(52)50(33)24-29)45-42(54)58-28-14-9-10-15-28/h4-7,11-13,17,20-21,26,28-34H,1-3,8-10,14-16,18-19,22-24H2,(H,45,54)(H,48,51)(H,49,53)/b13-7-/t26-,29-,31?,32+,33+,34?,43-/m1/s1. The van der Waals surface area contributed by atoms with Crippen molar-refractivity contribution in [2.75, 3.05) is 6.54 Å². The lowest BCUT2D eigenvalue weighted by Gasteiger charge is -2.30. The van der Waals surface area contributed by atoms with Gasteiger partial charge in [-0.15, -0.1) is 0 Å². The lowest BCUT2D eigenvalue weighted by Crippen LogP contribution is -2.58. The minimum absolute atomic E-state index is 0.0455. The summed E-state index contributed by atoms with van der Waals surface area (Å²) in [4.78, 5) is 67.3. The zero-order valence-corrected chi connectivity index (χ0v) is 33.9. The van der Waals surface area contributed by atoms with Crippen LogP contribution in [0.1, 0.15) is 95.1 Å². The van der Waals surface area contributed by atoms with Crippen LogP contribution in [0.15, 0.2) is 66.5 Å². The van der Waals surface area contributed by atoms with Gasteiger partial charge in [-0.05, 0) is 82.4 Å². The third-order valence-corrected chi connectivity index (χ3v) is 14.4. The molecule has 1 aromatic heterocycles. The third-order valence-electron chi connectivity index (χ3n) is 12.6. The average molecular weight is 845 g/mol. The first-order valence-corrected chi connectivity index (χ1v) is 22.7. The number of hydrogen-bond donors (Lipinski definition) is 3. The maximum absolute atomic E-state index is 14.7. The van der Waals surface area contributed by atoms with Gasteiger partial charge in [0.15, 0.2) is 5.82 Å². The van der Waals surface area contributed by atoms with Crippen molar-refractivity contribution in [1.29, 1.82) is 0 Å². The molecular weight excluding hydrogens is 796 g/mol. The van der Waals surface area contributed by atoms with Crippen LogP contribution in [0.4, 0.5) is 9.18 Å². The number of halogens is 1. The SMILES string of the molecule is O=C(N[C@H]1CCCCC/C=C\[C@@H]2C[C@@]2(C(=O)NS(=O)(=O)C2CC2)NC(=O)[C@@H]2C[C@@H](Oc3nc(-c4ccccc4)nc4c3OC3C=CC(F)=CC43)CN2C1=O)OC1CCCC1. The van der Waals surface area contributed by atoms with E-state index in [0.29, 0.717) is 49.2 Å². The molecule has 4 heterocycles. The molecule has 0 spiro atoms. The van der Waals surface area contributed by atoms with Crippen LogP contribution in [0.25, 0.3) is 11.4 Å². The predicted octanol–water partition coefficient (Wildman–Crippen LogP) is 4.80. The number of nitrogens with zero attached hydrogens (tertiary/aromatic N) is 3. The molecule has 3 N–H and O–H groups in total. The molecule has 1 saturated heterocycles. The number of rotatable bonds is 8. The fourth-order valence-corrected chi connectivity index (χ4v) is 10.4. The van der Waals surface area contributed by atoms with Crippen molar-refractivity contribution in [3.63, 3.8) is 0 Å². The molecule has 1 aromatic carbocycles. The molecule has 4 aliphatic carbocycles. The zero-order chi connectivity index (χ0) is 41.6. The molecule has 4 fully saturated rings. The van der Waals surface area contributed by atoms with Crippen molar-refractivity contribution < 1.29 is 46.2 Å². The normalized spacial score (nSPS) is 30.8.